The van der Waals surface area contributed by atoms with E-state index < -0.39 is 0 Å². The van der Waals surface area contributed by atoms with Gasteiger partial charge in [-0.25, -0.2) is 0 Å². The van der Waals surface area contributed by atoms with Crippen LogP contribution in [0.4, 0.5) is 0 Å². The lowest BCUT2D eigenvalue weighted by molar-refractivity contribution is 0.440. The minimum absolute atomic E-state index is 0.888. The molecule has 0 rings (SSSR count). The standard InChI is InChI=1S/C25H50/c1-4-7-8-9-10-11-12-13-14-15-16-17-18-19-20-21-22-23-24-25(5-2)6-3/h25H,1-2,4-24H2,3H3. The predicted molar refractivity (Wildman–Crippen MR) is 117 cm³/mol. The van der Waals surface area contributed by atoms with Crippen molar-refractivity contribution in [2.24, 2.45) is 5.92 Å². The van der Waals surface area contributed by atoms with E-state index in [4.69, 9.17) is 0 Å². The molecule has 0 spiro atoms. The summed E-state index contributed by atoms with van der Waals surface area (Å²) in [5.74, 6) is 0.888. The molecule has 1 unspecified atom stereocenters. The fourth-order valence-electron chi connectivity index (χ4n) is 3.81. The molecule has 150 valence electrons. The van der Waals surface area contributed by atoms with Gasteiger partial charge in [0.15, 0.2) is 0 Å². The van der Waals surface area contributed by atoms with Crippen LogP contribution in [0.2, 0.25) is 0 Å². The summed E-state index contributed by atoms with van der Waals surface area (Å²) in [5.41, 5.74) is 0. The first-order chi connectivity index (χ1) is 12.3. The molecule has 2 radical (unpaired) electrons. The summed E-state index contributed by atoms with van der Waals surface area (Å²) >= 11 is 0. The van der Waals surface area contributed by atoms with Gasteiger partial charge < -0.3 is 0 Å². The van der Waals surface area contributed by atoms with E-state index in [-0.39, 0.29) is 0 Å². The van der Waals surface area contributed by atoms with Crippen molar-refractivity contribution in [3.63, 3.8) is 0 Å². The fourth-order valence-corrected chi connectivity index (χ4v) is 3.81. The second kappa shape index (κ2) is 22.0. The summed E-state index contributed by atoms with van der Waals surface area (Å²) in [5, 5.41) is 0. The van der Waals surface area contributed by atoms with Gasteiger partial charge in [0.05, 0.1) is 0 Å². The molecule has 0 aromatic rings. The summed E-state index contributed by atoms with van der Waals surface area (Å²) in [7, 11) is 0. The molecule has 0 fully saturated rings. The Hall–Kier alpha value is 0. The maximum absolute atomic E-state index is 4.05. The van der Waals surface area contributed by atoms with Gasteiger partial charge in [0.2, 0.25) is 0 Å². The molecule has 0 saturated heterocycles. The molecule has 0 aliphatic rings. The molecule has 0 aromatic carbocycles. The van der Waals surface area contributed by atoms with Gasteiger partial charge in [0.1, 0.15) is 0 Å². The molecule has 0 N–H and O–H groups in total. The Morgan fingerprint density at radius 3 is 1.08 bits per heavy atom. The van der Waals surface area contributed by atoms with Crippen molar-refractivity contribution in [2.75, 3.05) is 0 Å². The van der Waals surface area contributed by atoms with Gasteiger partial charge in [-0.05, 0) is 5.92 Å². The van der Waals surface area contributed by atoms with Gasteiger partial charge in [0, 0.05) is 0 Å². The van der Waals surface area contributed by atoms with Gasteiger partial charge in [0.25, 0.3) is 0 Å². The number of hydrogen-bond donors (Lipinski definition) is 0. The molecule has 1 atom stereocenters. The normalized spacial score (nSPS) is 11.5. The first-order valence-electron chi connectivity index (χ1n) is 11.9. The first kappa shape index (κ1) is 25.0. The lowest BCUT2D eigenvalue weighted by Gasteiger charge is -2.11. The van der Waals surface area contributed by atoms with Crippen LogP contribution in [0.3, 0.4) is 0 Å². The van der Waals surface area contributed by atoms with Crippen LogP contribution in [-0.2, 0) is 0 Å². The summed E-state index contributed by atoms with van der Waals surface area (Å²) < 4.78 is 0. The van der Waals surface area contributed by atoms with Gasteiger partial charge in [-0.3, -0.25) is 0 Å². The molecule has 0 amide bonds. The van der Waals surface area contributed by atoms with Crippen LogP contribution < -0.4 is 0 Å². The van der Waals surface area contributed by atoms with Crippen molar-refractivity contribution in [1.82, 2.24) is 0 Å². The highest BCUT2D eigenvalue weighted by Gasteiger charge is 2.02. The Balaban J connectivity index is 3.03. The van der Waals surface area contributed by atoms with E-state index in [1.165, 1.54) is 122 Å². The fraction of sp³-hybridized carbons (Fsp3) is 0.920. The molecular weight excluding hydrogens is 300 g/mol. The molecule has 0 aromatic heterocycles. The molecule has 0 aliphatic heterocycles. The van der Waals surface area contributed by atoms with Gasteiger partial charge in [-0.2, -0.15) is 0 Å². The Labute approximate surface area is 161 Å². The van der Waals surface area contributed by atoms with Gasteiger partial charge in [-0.1, -0.05) is 156 Å². The molecule has 0 bridgehead atoms. The van der Waals surface area contributed by atoms with Crippen LogP contribution >= 0.6 is 0 Å². The maximum atomic E-state index is 4.05. The molecule has 0 nitrogen and oxygen atoms in total. The summed E-state index contributed by atoms with van der Waals surface area (Å²) in [6.07, 6.45) is 29.7. The quantitative estimate of drug-likeness (QED) is 0.181. The summed E-state index contributed by atoms with van der Waals surface area (Å²) in [4.78, 5) is 0. The predicted octanol–water partition coefficient (Wildman–Crippen LogP) is 9.48. The third-order valence-electron chi connectivity index (χ3n) is 5.85. The Bertz CT molecular complexity index is 216. The average molecular weight is 351 g/mol. The van der Waals surface area contributed by atoms with E-state index in [1.807, 2.05) is 0 Å². The number of rotatable bonds is 21. The van der Waals surface area contributed by atoms with Crippen LogP contribution in [0.15, 0.2) is 0 Å². The largest absolute Gasteiger partial charge is 0.0651 e. The minimum Gasteiger partial charge on any atom is -0.0651 e. The second-order valence-electron chi connectivity index (χ2n) is 8.22. The smallest absolute Gasteiger partial charge is 0.0417 e. The zero-order valence-corrected chi connectivity index (χ0v) is 17.8. The topological polar surface area (TPSA) is 0 Å². The van der Waals surface area contributed by atoms with E-state index >= 15 is 0 Å². The van der Waals surface area contributed by atoms with E-state index in [2.05, 4.69) is 20.8 Å². The zero-order valence-electron chi connectivity index (χ0n) is 17.8. The van der Waals surface area contributed by atoms with Crippen molar-refractivity contribution in [2.45, 2.75) is 142 Å². The van der Waals surface area contributed by atoms with E-state index in [1.54, 1.807) is 0 Å². The minimum atomic E-state index is 0.888. The third-order valence-corrected chi connectivity index (χ3v) is 5.85. The highest BCUT2D eigenvalue weighted by molar-refractivity contribution is 4.59. The second-order valence-corrected chi connectivity index (χ2v) is 8.22. The lowest BCUT2D eigenvalue weighted by Crippen LogP contribution is -1.96. The SMILES string of the molecule is [CH2]CCCCCCCCCCCCCCCCCCCC(C[CH2])CC. The summed E-state index contributed by atoms with van der Waals surface area (Å²) in [6, 6.07) is 0. The molecule has 25 heavy (non-hydrogen) atoms. The van der Waals surface area contributed by atoms with Crippen molar-refractivity contribution < 1.29 is 0 Å². The first-order valence-corrected chi connectivity index (χ1v) is 11.9. The zero-order chi connectivity index (χ0) is 18.4. The maximum Gasteiger partial charge on any atom is -0.0417 e. The van der Waals surface area contributed by atoms with Crippen molar-refractivity contribution in [3.8, 4) is 0 Å². The molecular formula is C25H50. The van der Waals surface area contributed by atoms with Crippen molar-refractivity contribution in [1.29, 1.82) is 0 Å². The Morgan fingerprint density at radius 2 is 0.800 bits per heavy atom. The van der Waals surface area contributed by atoms with Crippen LogP contribution in [0.25, 0.3) is 0 Å². The van der Waals surface area contributed by atoms with Crippen LogP contribution in [0.1, 0.15) is 142 Å². The van der Waals surface area contributed by atoms with Crippen LogP contribution in [0, 0.1) is 19.8 Å². The third kappa shape index (κ3) is 20.2. The monoisotopic (exact) mass is 350 g/mol. The highest BCUT2D eigenvalue weighted by atomic mass is 14.1. The molecule has 0 aliphatic carbocycles. The van der Waals surface area contributed by atoms with E-state index in [9.17, 15) is 0 Å². The van der Waals surface area contributed by atoms with Crippen molar-refractivity contribution >= 4 is 0 Å². The van der Waals surface area contributed by atoms with Crippen LogP contribution in [0.5, 0.6) is 0 Å². The average Bonchev–Trinajstić information content (AvgIpc) is 2.64. The Kier molecular flexibility index (Phi) is 22.0. The highest BCUT2D eigenvalue weighted by Crippen LogP contribution is 2.18. The van der Waals surface area contributed by atoms with E-state index in [0.29, 0.717) is 0 Å². The van der Waals surface area contributed by atoms with Gasteiger partial charge in [-0.15, -0.1) is 0 Å². The molecule has 0 heterocycles. The van der Waals surface area contributed by atoms with Crippen molar-refractivity contribution in [3.05, 3.63) is 13.8 Å². The van der Waals surface area contributed by atoms with Gasteiger partial charge >= 0.3 is 0 Å². The summed E-state index contributed by atoms with van der Waals surface area (Å²) in [6.45, 7) is 10.3. The Morgan fingerprint density at radius 1 is 0.480 bits per heavy atom. The number of unbranched alkanes of at least 4 members (excludes halogenated alkanes) is 17. The van der Waals surface area contributed by atoms with E-state index in [0.717, 1.165) is 18.8 Å². The molecule has 0 heteroatoms. The van der Waals surface area contributed by atoms with Crippen LogP contribution in [-0.4, -0.2) is 0 Å². The molecule has 0 saturated carbocycles. The lowest BCUT2D eigenvalue weighted by atomic mass is 9.95. The number of hydrogen-bond acceptors (Lipinski definition) is 0.